The van der Waals surface area contributed by atoms with Crippen LogP contribution in [0, 0.1) is 18.3 Å². The minimum atomic E-state index is -0.355. The number of rotatable bonds is 4. The molecule has 2 atom stereocenters. The molecule has 0 amide bonds. The minimum absolute atomic E-state index is 0.355. The monoisotopic (exact) mass is 265 g/mol. The van der Waals surface area contributed by atoms with E-state index in [4.69, 9.17) is 4.42 Å². The van der Waals surface area contributed by atoms with E-state index in [1.54, 1.807) is 18.0 Å². The molecule has 1 aliphatic carbocycles. The molecule has 2 rings (SSSR count). The van der Waals surface area contributed by atoms with Gasteiger partial charge in [0.15, 0.2) is 0 Å². The van der Waals surface area contributed by atoms with Crippen LogP contribution in [0.3, 0.4) is 0 Å². The predicted octanol–water partition coefficient (Wildman–Crippen LogP) is 2.89. The number of nitriles is 1. The van der Waals surface area contributed by atoms with Crippen LogP contribution in [0.25, 0.3) is 0 Å². The largest absolute Gasteiger partial charge is 0.440 e. The van der Waals surface area contributed by atoms with Crippen LogP contribution in [-0.4, -0.2) is 22.3 Å². The summed E-state index contributed by atoms with van der Waals surface area (Å²) in [6.07, 6.45) is 5.69. The number of hydrogen-bond donors (Lipinski definition) is 1. The molecule has 1 N–H and O–H groups in total. The zero-order chi connectivity index (χ0) is 13.0. The van der Waals surface area contributed by atoms with Gasteiger partial charge in [0.05, 0.1) is 11.8 Å². The first kappa shape index (κ1) is 13.4. The number of nitrogens with one attached hydrogen (secondary N) is 1. The second kappa shape index (κ2) is 5.77. The molecule has 98 valence electrons. The van der Waals surface area contributed by atoms with E-state index >= 15 is 0 Å². The minimum Gasteiger partial charge on any atom is -0.440 e. The maximum absolute atomic E-state index is 9.40. The van der Waals surface area contributed by atoms with E-state index in [-0.39, 0.29) is 5.54 Å². The highest BCUT2D eigenvalue weighted by molar-refractivity contribution is 7.99. The molecule has 5 heteroatoms. The van der Waals surface area contributed by atoms with Gasteiger partial charge in [-0.2, -0.15) is 5.26 Å². The van der Waals surface area contributed by atoms with Crippen LogP contribution in [0.15, 0.2) is 15.9 Å². The fraction of sp³-hybridized carbons (Fsp3) is 0.692. The summed E-state index contributed by atoms with van der Waals surface area (Å²) in [5, 5.41) is 13.9. The third-order valence-electron chi connectivity index (χ3n) is 3.30. The Morgan fingerprint density at radius 3 is 3.17 bits per heavy atom. The molecule has 1 aliphatic rings. The van der Waals surface area contributed by atoms with E-state index in [9.17, 15) is 5.26 Å². The molecule has 1 fully saturated rings. The van der Waals surface area contributed by atoms with Gasteiger partial charge < -0.3 is 4.42 Å². The van der Waals surface area contributed by atoms with Crippen LogP contribution in [-0.2, 0) is 0 Å². The lowest BCUT2D eigenvalue weighted by molar-refractivity contribution is 0.308. The molecule has 1 heterocycles. The van der Waals surface area contributed by atoms with Gasteiger partial charge in [0.2, 0.25) is 0 Å². The molecule has 2 unspecified atom stereocenters. The van der Waals surface area contributed by atoms with E-state index in [1.165, 1.54) is 0 Å². The summed E-state index contributed by atoms with van der Waals surface area (Å²) in [5.41, 5.74) is 0.554. The Hall–Kier alpha value is -0.990. The number of hydrogen-bond acceptors (Lipinski definition) is 5. The maximum Gasteiger partial charge on any atom is 0.256 e. The molecule has 0 radical (unpaired) electrons. The van der Waals surface area contributed by atoms with Crippen molar-refractivity contribution in [3.8, 4) is 6.07 Å². The average Bonchev–Trinajstić information content (AvgIpc) is 2.75. The van der Waals surface area contributed by atoms with Crippen LogP contribution in [0.1, 0.15) is 38.3 Å². The van der Waals surface area contributed by atoms with Crippen LogP contribution in [0.5, 0.6) is 0 Å². The highest BCUT2D eigenvalue weighted by Crippen LogP contribution is 2.37. The first-order valence-corrected chi connectivity index (χ1v) is 7.30. The Kier molecular flexibility index (Phi) is 4.31. The molecule has 4 nitrogen and oxygen atoms in total. The fourth-order valence-corrected chi connectivity index (χ4v) is 3.73. The van der Waals surface area contributed by atoms with Gasteiger partial charge >= 0.3 is 0 Å². The van der Waals surface area contributed by atoms with Crippen LogP contribution < -0.4 is 5.32 Å². The van der Waals surface area contributed by atoms with Crippen LogP contribution in [0.2, 0.25) is 0 Å². The number of aryl methyl sites for hydroxylation is 1. The van der Waals surface area contributed by atoms with E-state index in [1.807, 2.05) is 13.8 Å². The highest BCUT2D eigenvalue weighted by Gasteiger charge is 2.36. The Labute approximate surface area is 112 Å². The third kappa shape index (κ3) is 3.06. The van der Waals surface area contributed by atoms with Gasteiger partial charge in [0.1, 0.15) is 11.8 Å². The lowest BCUT2D eigenvalue weighted by atomic mass is 9.82. The van der Waals surface area contributed by atoms with Crippen molar-refractivity contribution in [2.24, 2.45) is 0 Å². The molecule has 0 aliphatic heterocycles. The molecule has 0 aromatic carbocycles. The van der Waals surface area contributed by atoms with E-state index in [0.717, 1.165) is 43.1 Å². The number of aromatic nitrogens is 1. The summed E-state index contributed by atoms with van der Waals surface area (Å²) in [4.78, 5) is 4.32. The zero-order valence-corrected chi connectivity index (χ0v) is 11.7. The summed E-state index contributed by atoms with van der Waals surface area (Å²) in [6.45, 7) is 4.81. The Bertz CT molecular complexity index is 436. The second-order valence-corrected chi connectivity index (χ2v) is 6.07. The van der Waals surface area contributed by atoms with Gasteiger partial charge in [0.25, 0.3) is 5.22 Å². The molecule has 0 saturated heterocycles. The number of thioether (sulfide) groups is 1. The van der Waals surface area contributed by atoms with Crippen molar-refractivity contribution in [1.29, 1.82) is 5.26 Å². The van der Waals surface area contributed by atoms with Gasteiger partial charge in [-0.15, -0.1) is 0 Å². The molecular weight excluding hydrogens is 246 g/mol. The van der Waals surface area contributed by atoms with E-state index < -0.39 is 0 Å². The van der Waals surface area contributed by atoms with Gasteiger partial charge in [-0.1, -0.05) is 18.7 Å². The van der Waals surface area contributed by atoms with Gasteiger partial charge in [0, 0.05) is 5.25 Å². The summed E-state index contributed by atoms with van der Waals surface area (Å²) in [6, 6.07) is 2.46. The lowest BCUT2D eigenvalue weighted by Gasteiger charge is -2.35. The van der Waals surface area contributed by atoms with Gasteiger partial charge in [-0.05, 0) is 39.2 Å². The molecule has 1 aromatic heterocycles. The van der Waals surface area contributed by atoms with Crippen molar-refractivity contribution >= 4 is 11.8 Å². The standard InChI is InChI=1S/C13H19N3OS/c1-3-15-13(9-14)6-4-5-11(7-13)18-12-16-10(2)8-17-12/h8,11,15H,3-7H2,1-2H3. The molecule has 1 aromatic rings. The van der Waals surface area contributed by atoms with Crippen molar-refractivity contribution in [2.75, 3.05) is 6.54 Å². The topological polar surface area (TPSA) is 61.9 Å². The van der Waals surface area contributed by atoms with Crippen molar-refractivity contribution in [3.05, 3.63) is 12.0 Å². The average molecular weight is 265 g/mol. The van der Waals surface area contributed by atoms with Crippen molar-refractivity contribution in [2.45, 2.75) is 55.5 Å². The fourth-order valence-electron chi connectivity index (χ4n) is 2.49. The van der Waals surface area contributed by atoms with Crippen molar-refractivity contribution < 1.29 is 4.42 Å². The number of nitrogens with zero attached hydrogens (tertiary/aromatic N) is 2. The summed E-state index contributed by atoms with van der Waals surface area (Å²) >= 11 is 1.66. The maximum atomic E-state index is 9.40. The van der Waals surface area contributed by atoms with Crippen molar-refractivity contribution in [1.82, 2.24) is 10.3 Å². The molecule has 0 bridgehead atoms. The molecule has 1 saturated carbocycles. The normalized spacial score (nSPS) is 27.9. The quantitative estimate of drug-likeness (QED) is 0.907. The number of oxazole rings is 1. The summed E-state index contributed by atoms with van der Waals surface area (Å²) < 4.78 is 5.38. The van der Waals surface area contributed by atoms with E-state index in [0.29, 0.717) is 5.25 Å². The third-order valence-corrected chi connectivity index (χ3v) is 4.43. The van der Waals surface area contributed by atoms with Gasteiger partial charge in [-0.3, -0.25) is 5.32 Å². The molecule has 0 spiro atoms. The molecule has 18 heavy (non-hydrogen) atoms. The van der Waals surface area contributed by atoms with Crippen LogP contribution >= 0.6 is 11.8 Å². The van der Waals surface area contributed by atoms with Gasteiger partial charge in [-0.25, -0.2) is 4.98 Å². The molecular formula is C13H19N3OS. The van der Waals surface area contributed by atoms with E-state index in [2.05, 4.69) is 16.4 Å². The SMILES string of the molecule is CCNC1(C#N)CCCC(Sc2nc(C)co2)C1. The first-order valence-electron chi connectivity index (χ1n) is 6.42. The van der Waals surface area contributed by atoms with Crippen LogP contribution in [0.4, 0.5) is 0 Å². The summed E-state index contributed by atoms with van der Waals surface area (Å²) in [7, 11) is 0. The highest BCUT2D eigenvalue weighted by atomic mass is 32.2. The zero-order valence-electron chi connectivity index (χ0n) is 10.9. The Morgan fingerprint density at radius 2 is 2.56 bits per heavy atom. The smallest absolute Gasteiger partial charge is 0.256 e. The lowest BCUT2D eigenvalue weighted by Crippen LogP contribution is -2.48. The van der Waals surface area contributed by atoms with Crippen molar-refractivity contribution in [3.63, 3.8) is 0 Å². The Morgan fingerprint density at radius 1 is 1.72 bits per heavy atom. The first-order chi connectivity index (χ1) is 8.67. The summed E-state index contributed by atoms with van der Waals surface area (Å²) in [5.74, 6) is 0. The Balaban J connectivity index is 2.00. The predicted molar refractivity (Wildman–Crippen MR) is 71.4 cm³/mol. The second-order valence-electron chi connectivity index (χ2n) is 4.82.